The van der Waals surface area contributed by atoms with Gasteiger partial charge in [0.05, 0.1) is 12.7 Å². The molecule has 0 amide bonds. The van der Waals surface area contributed by atoms with Gasteiger partial charge in [0.1, 0.15) is 4.21 Å². The molecule has 1 aromatic rings. The van der Waals surface area contributed by atoms with E-state index in [0.29, 0.717) is 0 Å². The van der Waals surface area contributed by atoms with Crippen molar-refractivity contribution < 1.29 is 22.7 Å². The van der Waals surface area contributed by atoms with Crippen molar-refractivity contribution >= 4 is 33.1 Å². The minimum Gasteiger partial charge on any atom is -0.467 e. The number of hydrogen-bond donors (Lipinski definition) is 1. The normalized spacial score (nSPS) is 22.6. The molecule has 1 atom stereocenters. The van der Waals surface area contributed by atoms with Gasteiger partial charge in [-0.3, -0.25) is 4.79 Å². The van der Waals surface area contributed by atoms with Crippen LogP contribution in [-0.2, 0) is 19.6 Å². The van der Waals surface area contributed by atoms with E-state index in [1.165, 1.54) is 11.4 Å². The maximum Gasteiger partial charge on any atom is 0.332 e. The van der Waals surface area contributed by atoms with Crippen LogP contribution in [0.5, 0.6) is 0 Å². The minimum absolute atomic E-state index is 0.0409. The fourth-order valence-electron chi connectivity index (χ4n) is 1.38. The molecule has 1 N–H and O–H groups in total. The number of carbonyl (C=O) groups is 2. The van der Waals surface area contributed by atoms with Crippen molar-refractivity contribution in [3.8, 4) is 0 Å². The van der Waals surface area contributed by atoms with E-state index in [0.717, 1.165) is 18.4 Å². The molecule has 1 unspecified atom stereocenters. The number of Topliss-reactive ketones (excluding diaryl/α,β-unsaturated/α-hetero) is 1. The van der Waals surface area contributed by atoms with Gasteiger partial charge in [-0.2, -0.15) is 4.72 Å². The zero-order chi connectivity index (χ0) is 11.9. The van der Waals surface area contributed by atoms with Crippen molar-refractivity contribution in [3.63, 3.8) is 0 Å². The van der Waals surface area contributed by atoms with Gasteiger partial charge in [0.2, 0.25) is 0 Å². The number of ketones is 1. The maximum atomic E-state index is 11.7. The number of methoxy groups -OCH3 is 1. The third kappa shape index (κ3) is 1.55. The van der Waals surface area contributed by atoms with Crippen molar-refractivity contribution in [2.24, 2.45) is 0 Å². The van der Waals surface area contributed by atoms with Gasteiger partial charge < -0.3 is 4.74 Å². The number of ether oxygens (including phenoxy) is 1. The maximum absolute atomic E-state index is 11.7. The highest BCUT2D eigenvalue weighted by Gasteiger charge is 2.41. The van der Waals surface area contributed by atoms with E-state index in [1.807, 2.05) is 4.72 Å². The van der Waals surface area contributed by atoms with Gasteiger partial charge in [-0.05, 0) is 11.4 Å². The lowest BCUT2D eigenvalue weighted by Crippen LogP contribution is -2.50. The summed E-state index contributed by atoms with van der Waals surface area (Å²) in [6, 6.07) is -0.0893. The molecule has 0 spiro atoms. The van der Waals surface area contributed by atoms with Gasteiger partial charge in [-0.1, -0.05) is 0 Å². The van der Waals surface area contributed by atoms with E-state index in [2.05, 4.69) is 4.74 Å². The Kier molecular flexibility index (Phi) is 2.56. The molecule has 0 fully saturated rings. The van der Waals surface area contributed by atoms with Crippen LogP contribution < -0.4 is 4.72 Å². The molecule has 0 aromatic carbocycles. The number of nitrogens with one attached hydrogen (secondary N) is 1. The lowest BCUT2D eigenvalue weighted by molar-refractivity contribution is -0.141. The molecule has 1 aromatic heterocycles. The quantitative estimate of drug-likeness (QED) is 0.557. The standard InChI is InChI=1S/C8H7NO5S2/c1-14-7(11)5-6(10)4-2-3-15-8(4)16(12,13)9-5/h2-3,5,9H,1H3. The monoisotopic (exact) mass is 261 g/mol. The fraction of sp³-hybridized carbons (Fsp3) is 0.250. The molecule has 2 heterocycles. The molecule has 2 rings (SSSR count). The third-order valence-electron chi connectivity index (χ3n) is 2.11. The summed E-state index contributed by atoms with van der Waals surface area (Å²) in [6.45, 7) is 0. The van der Waals surface area contributed by atoms with Gasteiger partial charge in [0.25, 0.3) is 10.0 Å². The van der Waals surface area contributed by atoms with Crippen LogP contribution in [0.15, 0.2) is 15.7 Å². The Bertz CT molecular complexity index is 559. The number of rotatable bonds is 1. The van der Waals surface area contributed by atoms with Crippen LogP contribution in [0.1, 0.15) is 10.4 Å². The summed E-state index contributed by atoms with van der Waals surface area (Å²) in [5.41, 5.74) is 0.0409. The Labute approximate surface area is 95.3 Å². The van der Waals surface area contributed by atoms with E-state index in [-0.39, 0.29) is 9.77 Å². The molecule has 16 heavy (non-hydrogen) atoms. The Hall–Kier alpha value is -1.25. The minimum atomic E-state index is -3.79. The van der Waals surface area contributed by atoms with Gasteiger partial charge in [-0.15, -0.1) is 11.3 Å². The molecule has 1 aliphatic rings. The number of sulfonamides is 1. The predicted molar refractivity (Wildman–Crippen MR) is 54.8 cm³/mol. The SMILES string of the molecule is COC(=O)C1NS(=O)(=O)c2sccc2C1=O. The van der Waals surface area contributed by atoms with E-state index in [9.17, 15) is 18.0 Å². The predicted octanol–water partition coefficient (Wildman–Crippen LogP) is -0.236. The van der Waals surface area contributed by atoms with Crippen molar-refractivity contribution in [2.75, 3.05) is 7.11 Å². The largest absolute Gasteiger partial charge is 0.467 e. The summed E-state index contributed by atoms with van der Waals surface area (Å²) in [7, 11) is -2.70. The summed E-state index contributed by atoms with van der Waals surface area (Å²) in [6.07, 6.45) is 0. The van der Waals surface area contributed by atoms with Gasteiger partial charge in [0, 0.05) is 0 Å². The molecular formula is C8H7NO5S2. The van der Waals surface area contributed by atoms with Gasteiger partial charge in [0.15, 0.2) is 11.8 Å². The highest BCUT2D eigenvalue weighted by molar-refractivity contribution is 7.91. The smallest absolute Gasteiger partial charge is 0.332 e. The Balaban J connectivity index is 2.55. The Morgan fingerprint density at radius 2 is 2.25 bits per heavy atom. The molecule has 6 nitrogen and oxygen atoms in total. The van der Waals surface area contributed by atoms with Crippen molar-refractivity contribution in [3.05, 3.63) is 17.0 Å². The average molecular weight is 261 g/mol. The van der Waals surface area contributed by atoms with Crippen LogP contribution in [0, 0.1) is 0 Å². The first-order valence-electron chi connectivity index (χ1n) is 4.19. The number of fused-ring (bicyclic) bond motifs is 1. The summed E-state index contributed by atoms with van der Waals surface area (Å²) in [4.78, 5) is 23.0. The van der Waals surface area contributed by atoms with Gasteiger partial charge >= 0.3 is 5.97 Å². The summed E-state index contributed by atoms with van der Waals surface area (Å²) in [5, 5.41) is 1.49. The highest BCUT2D eigenvalue weighted by atomic mass is 32.2. The Morgan fingerprint density at radius 3 is 2.88 bits per heavy atom. The lowest BCUT2D eigenvalue weighted by atomic mass is 10.1. The molecule has 8 heteroatoms. The second kappa shape index (κ2) is 3.65. The van der Waals surface area contributed by atoms with Crippen LogP contribution in [0.3, 0.4) is 0 Å². The van der Waals surface area contributed by atoms with Crippen molar-refractivity contribution in [1.29, 1.82) is 0 Å². The van der Waals surface area contributed by atoms with Crippen LogP contribution in [-0.4, -0.2) is 33.3 Å². The van der Waals surface area contributed by atoms with Crippen LogP contribution in [0.25, 0.3) is 0 Å². The first kappa shape index (κ1) is 11.2. The Morgan fingerprint density at radius 1 is 1.56 bits per heavy atom. The van der Waals surface area contributed by atoms with Crippen LogP contribution in [0.2, 0.25) is 0 Å². The molecule has 0 saturated carbocycles. The van der Waals surface area contributed by atoms with E-state index < -0.39 is 27.8 Å². The van der Waals surface area contributed by atoms with E-state index in [1.54, 1.807) is 0 Å². The molecular weight excluding hydrogens is 254 g/mol. The topological polar surface area (TPSA) is 89.5 Å². The molecule has 0 saturated heterocycles. The number of thiophene rings is 1. The fourth-order valence-corrected chi connectivity index (χ4v) is 3.90. The molecule has 1 aliphatic heterocycles. The first-order chi connectivity index (χ1) is 7.47. The van der Waals surface area contributed by atoms with Gasteiger partial charge in [-0.25, -0.2) is 13.2 Å². The van der Waals surface area contributed by atoms with Crippen LogP contribution >= 0.6 is 11.3 Å². The van der Waals surface area contributed by atoms with Crippen LogP contribution in [0.4, 0.5) is 0 Å². The van der Waals surface area contributed by atoms with Crippen molar-refractivity contribution in [1.82, 2.24) is 4.72 Å². The highest BCUT2D eigenvalue weighted by Crippen LogP contribution is 2.28. The lowest BCUT2D eigenvalue weighted by Gasteiger charge is -2.19. The second-order valence-corrected chi connectivity index (χ2v) is 5.89. The molecule has 86 valence electrons. The third-order valence-corrected chi connectivity index (χ3v) is 5.02. The average Bonchev–Trinajstić information content (AvgIpc) is 2.72. The van der Waals surface area contributed by atoms with E-state index >= 15 is 0 Å². The van der Waals surface area contributed by atoms with E-state index in [4.69, 9.17) is 0 Å². The first-order valence-corrected chi connectivity index (χ1v) is 6.55. The number of esters is 1. The zero-order valence-electron chi connectivity index (χ0n) is 8.09. The molecule has 0 radical (unpaired) electrons. The molecule has 0 bridgehead atoms. The number of carbonyl (C=O) groups excluding carboxylic acids is 2. The number of hydrogen-bond acceptors (Lipinski definition) is 6. The zero-order valence-corrected chi connectivity index (χ0v) is 9.72. The summed E-state index contributed by atoms with van der Waals surface area (Å²) in [5.74, 6) is -1.50. The second-order valence-electron chi connectivity index (χ2n) is 3.06. The molecule has 0 aliphatic carbocycles. The summed E-state index contributed by atoms with van der Waals surface area (Å²) >= 11 is 0.934. The summed E-state index contributed by atoms with van der Waals surface area (Å²) < 4.78 is 29.6. The van der Waals surface area contributed by atoms with Crippen molar-refractivity contribution in [2.45, 2.75) is 10.3 Å².